The Labute approximate surface area is 168 Å². The van der Waals surface area contributed by atoms with Gasteiger partial charge in [0.1, 0.15) is 0 Å². The second kappa shape index (κ2) is 8.26. The van der Waals surface area contributed by atoms with Crippen LogP contribution in [0, 0.1) is 11.8 Å². The first-order chi connectivity index (χ1) is 12.3. The highest BCUT2D eigenvalue weighted by Crippen LogP contribution is 2.33. The molecule has 1 aromatic carbocycles. The second-order valence-corrected chi connectivity index (χ2v) is 8.87. The van der Waals surface area contributed by atoms with Crippen LogP contribution in [0.15, 0.2) is 23.6 Å². The molecule has 1 aliphatic heterocycles. The van der Waals surface area contributed by atoms with E-state index in [1.54, 1.807) is 23.1 Å². The van der Waals surface area contributed by atoms with Gasteiger partial charge in [-0.15, -0.1) is 11.3 Å². The van der Waals surface area contributed by atoms with Crippen molar-refractivity contribution in [3.05, 3.63) is 39.3 Å². The third-order valence-corrected chi connectivity index (χ3v) is 6.15. The first-order valence-electron chi connectivity index (χ1n) is 8.76. The number of hydrogen-bond donors (Lipinski definition) is 0. The van der Waals surface area contributed by atoms with Gasteiger partial charge in [0.15, 0.2) is 5.13 Å². The fourth-order valence-electron chi connectivity index (χ4n) is 3.67. The smallest absolute Gasteiger partial charge is 0.230 e. The number of anilines is 2. The van der Waals surface area contributed by atoms with Crippen LogP contribution in [-0.2, 0) is 11.3 Å². The molecule has 2 aromatic rings. The van der Waals surface area contributed by atoms with Crippen molar-refractivity contribution in [1.29, 1.82) is 0 Å². The third-order valence-electron chi connectivity index (χ3n) is 4.54. The van der Waals surface area contributed by atoms with E-state index in [2.05, 4.69) is 18.7 Å². The van der Waals surface area contributed by atoms with Gasteiger partial charge in [0.2, 0.25) is 5.91 Å². The highest BCUT2D eigenvalue weighted by molar-refractivity contribution is 7.14. The number of piperidine rings is 1. The maximum absolute atomic E-state index is 12.2. The zero-order chi connectivity index (χ0) is 18.8. The van der Waals surface area contributed by atoms with Gasteiger partial charge in [0, 0.05) is 31.9 Å². The van der Waals surface area contributed by atoms with Gasteiger partial charge in [0.25, 0.3) is 0 Å². The normalized spacial score (nSPS) is 21.0. The topological polar surface area (TPSA) is 36.4 Å². The predicted octanol–water partition coefficient (Wildman–Crippen LogP) is 5.61. The zero-order valence-electron chi connectivity index (χ0n) is 15.2. The summed E-state index contributed by atoms with van der Waals surface area (Å²) in [6.45, 7) is 9.14. The number of halogens is 2. The molecular weight excluding hydrogens is 389 g/mol. The highest BCUT2D eigenvalue weighted by atomic mass is 35.5. The Morgan fingerprint density at radius 1 is 1.27 bits per heavy atom. The fourth-order valence-corrected chi connectivity index (χ4v) is 4.84. The van der Waals surface area contributed by atoms with E-state index in [0.717, 1.165) is 25.3 Å². The molecule has 4 nitrogen and oxygen atoms in total. The molecule has 0 aliphatic carbocycles. The van der Waals surface area contributed by atoms with E-state index < -0.39 is 0 Å². The lowest BCUT2D eigenvalue weighted by Crippen LogP contribution is -2.38. The Bertz CT molecular complexity index is 785. The van der Waals surface area contributed by atoms with Crippen LogP contribution >= 0.6 is 34.5 Å². The minimum Gasteiger partial charge on any atom is -0.297 e. The number of carbonyl (C=O) groups excluding carboxylic acids is 1. The van der Waals surface area contributed by atoms with E-state index in [1.807, 2.05) is 5.38 Å². The van der Waals surface area contributed by atoms with E-state index in [9.17, 15) is 4.79 Å². The molecule has 1 aliphatic rings. The van der Waals surface area contributed by atoms with Crippen LogP contribution in [-0.4, -0.2) is 28.9 Å². The number of benzene rings is 1. The summed E-state index contributed by atoms with van der Waals surface area (Å²) in [7, 11) is 0. The molecule has 2 heterocycles. The Morgan fingerprint density at radius 2 is 1.96 bits per heavy atom. The molecule has 140 valence electrons. The van der Waals surface area contributed by atoms with Gasteiger partial charge in [-0.2, -0.15) is 0 Å². The molecule has 2 atom stereocenters. The summed E-state index contributed by atoms with van der Waals surface area (Å²) in [6, 6.07) is 5.17. The predicted molar refractivity (Wildman–Crippen MR) is 110 cm³/mol. The van der Waals surface area contributed by atoms with Gasteiger partial charge in [0.05, 0.1) is 21.4 Å². The summed E-state index contributed by atoms with van der Waals surface area (Å²) in [5.41, 5.74) is 1.67. The van der Waals surface area contributed by atoms with Crippen LogP contribution < -0.4 is 4.90 Å². The van der Waals surface area contributed by atoms with Crippen molar-refractivity contribution in [3.63, 3.8) is 0 Å². The number of nitrogens with zero attached hydrogens (tertiary/aromatic N) is 3. The molecule has 1 aromatic heterocycles. The fraction of sp³-hybridized carbons (Fsp3) is 0.474. The van der Waals surface area contributed by atoms with Crippen molar-refractivity contribution in [2.24, 2.45) is 11.8 Å². The number of carbonyl (C=O) groups is 1. The molecule has 0 spiro atoms. The summed E-state index contributed by atoms with van der Waals surface area (Å²) >= 11 is 13.6. The number of amides is 1. The summed E-state index contributed by atoms with van der Waals surface area (Å²) in [5, 5.41) is 3.58. The molecule has 0 N–H and O–H groups in total. The van der Waals surface area contributed by atoms with Crippen molar-refractivity contribution in [1.82, 2.24) is 9.88 Å². The average Bonchev–Trinajstić information content (AvgIpc) is 2.97. The van der Waals surface area contributed by atoms with Crippen molar-refractivity contribution >= 4 is 51.3 Å². The largest absolute Gasteiger partial charge is 0.297 e. The molecule has 7 heteroatoms. The van der Waals surface area contributed by atoms with Gasteiger partial charge in [-0.1, -0.05) is 37.0 Å². The van der Waals surface area contributed by atoms with E-state index in [1.165, 1.54) is 24.7 Å². The number of aromatic nitrogens is 1. The highest BCUT2D eigenvalue weighted by Gasteiger charge is 2.24. The van der Waals surface area contributed by atoms with Crippen molar-refractivity contribution < 1.29 is 4.79 Å². The molecule has 1 amide bonds. The lowest BCUT2D eigenvalue weighted by molar-refractivity contribution is -0.115. The molecule has 3 rings (SSSR count). The number of thiazole rings is 1. The lowest BCUT2D eigenvalue weighted by Gasteiger charge is -2.34. The number of hydrogen-bond acceptors (Lipinski definition) is 4. The van der Waals surface area contributed by atoms with Crippen LogP contribution in [0.3, 0.4) is 0 Å². The minimum absolute atomic E-state index is 0.107. The molecule has 1 saturated heterocycles. The molecule has 0 unspecified atom stereocenters. The SMILES string of the molecule is CC(=O)N(c1ccc(Cl)c(Cl)c1)c1nc(CN2C[C@@H](C)C[C@H](C)C2)cs1. The second-order valence-electron chi connectivity index (χ2n) is 7.21. The van der Waals surface area contributed by atoms with Crippen molar-refractivity contribution in [2.45, 2.75) is 33.7 Å². The zero-order valence-corrected chi connectivity index (χ0v) is 17.5. The summed E-state index contributed by atoms with van der Waals surface area (Å²) in [5.74, 6) is 1.31. The van der Waals surface area contributed by atoms with Crippen LogP contribution in [0.2, 0.25) is 10.0 Å². The molecular formula is C19H23Cl2N3OS. The van der Waals surface area contributed by atoms with Gasteiger partial charge >= 0.3 is 0 Å². The maximum atomic E-state index is 12.2. The average molecular weight is 412 g/mol. The molecule has 1 fully saturated rings. The van der Waals surface area contributed by atoms with Crippen LogP contribution in [0.5, 0.6) is 0 Å². The van der Waals surface area contributed by atoms with E-state index in [0.29, 0.717) is 32.7 Å². The quantitative estimate of drug-likeness (QED) is 0.655. The number of likely N-dealkylation sites (tertiary alicyclic amines) is 1. The van der Waals surface area contributed by atoms with Crippen LogP contribution in [0.1, 0.15) is 32.9 Å². The van der Waals surface area contributed by atoms with Crippen molar-refractivity contribution in [3.8, 4) is 0 Å². The van der Waals surface area contributed by atoms with E-state index in [-0.39, 0.29) is 5.91 Å². The van der Waals surface area contributed by atoms with Crippen LogP contribution in [0.4, 0.5) is 10.8 Å². The van der Waals surface area contributed by atoms with E-state index in [4.69, 9.17) is 28.2 Å². The first-order valence-corrected chi connectivity index (χ1v) is 10.4. The molecule has 0 bridgehead atoms. The van der Waals surface area contributed by atoms with Gasteiger partial charge in [-0.05, 0) is 36.5 Å². The third kappa shape index (κ3) is 4.58. The summed E-state index contributed by atoms with van der Waals surface area (Å²) in [4.78, 5) is 21.0. The van der Waals surface area contributed by atoms with Gasteiger partial charge < -0.3 is 0 Å². The standard InChI is InChI=1S/C19H23Cl2N3OS/c1-12-6-13(2)9-23(8-12)10-15-11-26-19(22-15)24(14(3)25)16-4-5-17(20)18(21)7-16/h4-5,7,11-13H,6,8-10H2,1-3H3/t12-,13-/m0/s1. The summed E-state index contributed by atoms with van der Waals surface area (Å²) < 4.78 is 0. The Morgan fingerprint density at radius 3 is 2.58 bits per heavy atom. The minimum atomic E-state index is -0.107. The monoisotopic (exact) mass is 411 g/mol. The Balaban J connectivity index is 1.79. The Hall–Kier alpha value is -1.14. The summed E-state index contributed by atoms with van der Waals surface area (Å²) in [6.07, 6.45) is 1.29. The molecule has 26 heavy (non-hydrogen) atoms. The number of rotatable bonds is 4. The Kier molecular flexibility index (Phi) is 6.23. The van der Waals surface area contributed by atoms with E-state index >= 15 is 0 Å². The first kappa shape index (κ1) is 19.6. The molecule has 0 radical (unpaired) electrons. The maximum Gasteiger partial charge on any atom is 0.230 e. The van der Waals surface area contributed by atoms with Gasteiger partial charge in [-0.3, -0.25) is 14.6 Å². The molecule has 0 saturated carbocycles. The van der Waals surface area contributed by atoms with Gasteiger partial charge in [-0.25, -0.2) is 4.98 Å². The van der Waals surface area contributed by atoms with Crippen LogP contribution in [0.25, 0.3) is 0 Å². The van der Waals surface area contributed by atoms with Crippen molar-refractivity contribution in [2.75, 3.05) is 18.0 Å². The lowest BCUT2D eigenvalue weighted by atomic mass is 9.92.